The van der Waals surface area contributed by atoms with E-state index in [-0.39, 0.29) is 4.75 Å². The number of allylic oxidation sites excluding steroid dienone is 2. The molecular weight excluding hydrogens is 234 g/mol. The second kappa shape index (κ2) is 5.91. The number of thioether (sulfide) groups is 1. The molecule has 0 spiro atoms. The molecule has 3 N–H and O–H groups in total. The van der Waals surface area contributed by atoms with Crippen molar-refractivity contribution in [1.29, 1.82) is 0 Å². The second-order valence-electron chi connectivity index (χ2n) is 5.31. The molecule has 17 heavy (non-hydrogen) atoms. The summed E-state index contributed by atoms with van der Waals surface area (Å²) in [5.41, 5.74) is 8.56. The van der Waals surface area contributed by atoms with Crippen LogP contribution in [0.1, 0.15) is 46.5 Å². The maximum atomic E-state index is 10.7. The predicted octanol–water partition coefficient (Wildman–Crippen LogP) is 2.80. The minimum Gasteiger partial charge on any atom is -0.480 e. The predicted molar refractivity (Wildman–Crippen MR) is 73.3 cm³/mol. The van der Waals surface area contributed by atoms with Gasteiger partial charge in [0.25, 0.3) is 0 Å². The molecule has 1 saturated carbocycles. The van der Waals surface area contributed by atoms with Gasteiger partial charge in [-0.3, -0.25) is 4.79 Å². The van der Waals surface area contributed by atoms with Gasteiger partial charge in [0, 0.05) is 10.5 Å². The molecule has 4 heteroatoms. The summed E-state index contributed by atoms with van der Waals surface area (Å²) in [6.07, 6.45) is 4.55. The van der Waals surface area contributed by atoms with Gasteiger partial charge in [0.1, 0.15) is 6.04 Å². The van der Waals surface area contributed by atoms with Crippen LogP contribution in [0, 0.1) is 0 Å². The summed E-state index contributed by atoms with van der Waals surface area (Å²) in [6.45, 7) is 6.57. The maximum Gasteiger partial charge on any atom is 0.321 e. The molecule has 1 rings (SSSR count). The first kappa shape index (κ1) is 14.6. The molecule has 0 aliphatic heterocycles. The van der Waals surface area contributed by atoms with Crippen LogP contribution < -0.4 is 5.73 Å². The summed E-state index contributed by atoms with van der Waals surface area (Å²) < 4.78 is 0.200. The molecule has 1 aliphatic rings. The van der Waals surface area contributed by atoms with Gasteiger partial charge in [0.15, 0.2) is 0 Å². The van der Waals surface area contributed by atoms with E-state index in [0.29, 0.717) is 5.75 Å². The zero-order valence-electron chi connectivity index (χ0n) is 11.0. The van der Waals surface area contributed by atoms with E-state index in [9.17, 15) is 4.79 Å². The lowest BCUT2D eigenvalue weighted by molar-refractivity contribution is -0.137. The van der Waals surface area contributed by atoms with Crippen LogP contribution in [0.4, 0.5) is 0 Å². The monoisotopic (exact) mass is 257 g/mol. The maximum absolute atomic E-state index is 10.7. The molecule has 0 heterocycles. The molecule has 0 aromatic heterocycles. The molecule has 0 unspecified atom stereocenters. The van der Waals surface area contributed by atoms with E-state index in [1.807, 2.05) is 0 Å². The van der Waals surface area contributed by atoms with E-state index in [0.717, 1.165) is 25.7 Å². The highest BCUT2D eigenvalue weighted by Gasteiger charge is 2.30. The van der Waals surface area contributed by atoms with Crippen molar-refractivity contribution in [3.8, 4) is 0 Å². The lowest BCUT2D eigenvalue weighted by atomic mass is 9.84. The van der Waals surface area contributed by atoms with Gasteiger partial charge < -0.3 is 10.8 Å². The Hall–Kier alpha value is -0.480. The summed E-state index contributed by atoms with van der Waals surface area (Å²) in [4.78, 5) is 10.7. The lowest BCUT2D eigenvalue weighted by Crippen LogP contribution is -2.35. The molecule has 0 amide bonds. The molecule has 0 saturated heterocycles. The normalized spacial score (nSPS) is 26.7. The highest BCUT2D eigenvalue weighted by Crippen LogP contribution is 2.42. The first-order chi connectivity index (χ1) is 7.84. The largest absolute Gasteiger partial charge is 0.480 e. The Labute approximate surface area is 108 Å². The molecule has 1 aliphatic carbocycles. The summed E-state index contributed by atoms with van der Waals surface area (Å²) in [6, 6.07) is -0.735. The van der Waals surface area contributed by atoms with Crippen molar-refractivity contribution in [3.63, 3.8) is 0 Å². The van der Waals surface area contributed by atoms with Crippen molar-refractivity contribution in [1.82, 2.24) is 0 Å². The van der Waals surface area contributed by atoms with Crippen LogP contribution in [0.15, 0.2) is 11.1 Å². The molecule has 0 aromatic carbocycles. The Bertz CT molecular complexity index is 311. The molecule has 0 aromatic rings. The standard InChI is InChI=1S/C13H23NO2S/c1-9(2)10-4-6-13(3,7-5-10)17-8-11(14)12(15)16/h11H,4-8,14H2,1-3H3,(H,15,16)/t11-/m0/s1. The Kier molecular flexibility index (Phi) is 5.07. The smallest absolute Gasteiger partial charge is 0.321 e. The van der Waals surface area contributed by atoms with E-state index in [4.69, 9.17) is 10.8 Å². The van der Waals surface area contributed by atoms with Crippen LogP contribution in [0.25, 0.3) is 0 Å². The summed E-state index contributed by atoms with van der Waals surface area (Å²) in [7, 11) is 0. The molecule has 1 atom stereocenters. The highest BCUT2D eigenvalue weighted by molar-refractivity contribution is 8.00. The lowest BCUT2D eigenvalue weighted by Gasteiger charge is -2.35. The van der Waals surface area contributed by atoms with Crippen molar-refractivity contribution >= 4 is 17.7 Å². The number of carboxylic acid groups (broad SMARTS) is 1. The van der Waals surface area contributed by atoms with E-state index in [2.05, 4.69) is 20.8 Å². The third-order valence-electron chi connectivity index (χ3n) is 3.55. The third-order valence-corrected chi connectivity index (χ3v) is 5.18. The fourth-order valence-electron chi connectivity index (χ4n) is 2.09. The third kappa shape index (κ3) is 4.36. The fourth-order valence-corrected chi connectivity index (χ4v) is 3.30. The first-order valence-electron chi connectivity index (χ1n) is 6.12. The average Bonchev–Trinajstić information content (AvgIpc) is 2.26. The van der Waals surface area contributed by atoms with Crippen molar-refractivity contribution in [2.75, 3.05) is 5.75 Å². The van der Waals surface area contributed by atoms with Gasteiger partial charge in [-0.15, -0.1) is 0 Å². The number of nitrogens with two attached hydrogens (primary N) is 1. The first-order valence-corrected chi connectivity index (χ1v) is 7.10. The topological polar surface area (TPSA) is 63.3 Å². The highest BCUT2D eigenvalue weighted by atomic mass is 32.2. The fraction of sp³-hybridized carbons (Fsp3) is 0.769. The Morgan fingerprint density at radius 2 is 2.00 bits per heavy atom. The number of hydrogen-bond donors (Lipinski definition) is 2. The zero-order valence-corrected chi connectivity index (χ0v) is 11.8. The van der Waals surface area contributed by atoms with E-state index >= 15 is 0 Å². The van der Waals surface area contributed by atoms with Crippen LogP contribution in [0.5, 0.6) is 0 Å². The van der Waals surface area contributed by atoms with E-state index < -0.39 is 12.0 Å². The van der Waals surface area contributed by atoms with Crippen LogP contribution in [0.2, 0.25) is 0 Å². The Morgan fingerprint density at radius 3 is 2.41 bits per heavy atom. The molecule has 0 radical (unpaired) electrons. The molecule has 3 nitrogen and oxygen atoms in total. The molecular formula is C13H23NO2S. The van der Waals surface area contributed by atoms with Gasteiger partial charge in [-0.2, -0.15) is 11.8 Å². The second-order valence-corrected chi connectivity index (χ2v) is 6.92. The summed E-state index contributed by atoms with van der Waals surface area (Å²) >= 11 is 1.72. The van der Waals surface area contributed by atoms with Gasteiger partial charge >= 0.3 is 5.97 Å². The number of aliphatic carboxylic acids is 1. The van der Waals surface area contributed by atoms with Crippen molar-refractivity contribution in [2.24, 2.45) is 5.73 Å². The van der Waals surface area contributed by atoms with Gasteiger partial charge in [0.2, 0.25) is 0 Å². The Balaban J connectivity index is 2.45. The SMILES string of the molecule is CC(C)=C1CCC(C)(SC[C@H](N)C(=O)O)CC1. The number of rotatable bonds is 4. The van der Waals surface area contributed by atoms with Crippen LogP contribution in [0.3, 0.4) is 0 Å². The van der Waals surface area contributed by atoms with E-state index in [1.165, 1.54) is 5.57 Å². The average molecular weight is 257 g/mol. The van der Waals surface area contributed by atoms with Gasteiger partial charge in [-0.1, -0.05) is 18.1 Å². The van der Waals surface area contributed by atoms with Crippen molar-refractivity contribution in [2.45, 2.75) is 57.2 Å². The molecule has 0 bridgehead atoms. The van der Waals surface area contributed by atoms with Crippen LogP contribution in [-0.4, -0.2) is 27.6 Å². The zero-order chi connectivity index (χ0) is 13.1. The van der Waals surface area contributed by atoms with Crippen molar-refractivity contribution < 1.29 is 9.90 Å². The number of carboxylic acids is 1. The summed E-state index contributed by atoms with van der Waals surface area (Å²) in [5, 5.41) is 8.76. The van der Waals surface area contributed by atoms with Gasteiger partial charge in [0.05, 0.1) is 0 Å². The molecule has 98 valence electrons. The van der Waals surface area contributed by atoms with Crippen LogP contribution >= 0.6 is 11.8 Å². The molecule has 1 fully saturated rings. The number of carbonyl (C=O) groups is 1. The summed E-state index contributed by atoms with van der Waals surface area (Å²) in [5.74, 6) is -0.391. The minimum absolute atomic E-state index is 0.200. The van der Waals surface area contributed by atoms with E-state index in [1.54, 1.807) is 17.3 Å². The van der Waals surface area contributed by atoms with Gasteiger partial charge in [-0.25, -0.2) is 0 Å². The Morgan fingerprint density at radius 1 is 1.47 bits per heavy atom. The minimum atomic E-state index is -0.901. The van der Waals surface area contributed by atoms with Crippen molar-refractivity contribution in [3.05, 3.63) is 11.1 Å². The number of hydrogen-bond acceptors (Lipinski definition) is 3. The van der Waals surface area contributed by atoms with Crippen LogP contribution in [-0.2, 0) is 4.79 Å². The van der Waals surface area contributed by atoms with Gasteiger partial charge in [-0.05, 0) is 39.5 Å². The quantitative estimate of drug-likeness (QED) is 0.760.